The van der Waals surface area contributed by atoms with Crippen LogP contribution in [0.25, 0.3) is 0 Å². The molecule has 0 spiro atoms. The zero-order valence-electron chi connectivity index (χ0n) is 8.72. The monoisotopic (exact) mass is 188 g/mol. The number of rotatable bonds is 6. The third kappa shape index (κ3) is 9.14. The Morgan fingerprint density at radius 2 is 2.15 bits per heavy atom. The van der Waals surface area contributed by atoms with Crippen molar-refractivity contribution in [3.8, 4) is 0 Å². The van der Waals surface area contributed by atoms with Crippen LogP contribution in [0.2, 0.25) is 0 Å². The summed E-state index contributed by atoms with van der Waals surface area (Å²) >= 11 is 0. The lowest BCUT2D eigenvalue weighted by Gasteiger charge is -2.08. The molecule has 2 N–H and O–H groups in total. The van der Waals surface area contributed by atoms with E-state index in [0.29, 0.717) is 19.1 Å². The van der Waals surface area contributed by atoms with Crippen molar-refractivity contribution < 1.29 is 9.53 Å². The predicted octanol–water partition coefficient (Wildman–Crippen LogP) is 0.978. The summed E-state index contributed by atoms with van der Waals surface area (Å²) in [6.45, 7) is 8.85. The third-order valence-electron chi connectivity index (χ3n) is 1.39. The number of amides is 1. The first-order chi connectivity index (χ1) is 6.16. The van der Waals surface area contributed by atoms with E-state index in [1.165, 1.54) is 0 Å². The van der Waals surface area contributed by atoms with Gasteiger partial charge in [0.05, 0.1) is 0 Å². The van der Waals surface area contributed by atoms with Crippen molar-refractivity contribution >= 4 is 6.09 Å². The van der Waals surface area contributed by atoms with E-state index in [-0.39, 0.29) is 6.09 Å². The van der Waals surface area contributed by atoms with E-state index in [4.69, 9.17) is 4.74 Å². The second kappa shape index (κ2) is 7.86. The maximum atomic E-state index is 10.8. The van der Waals surface area contributed by atoms with E-state index in [2.05, 4.69) is 24.5 Å². The molecular formula is C9H20N2O2. The molecule has 0 rings (SSSR count). The Kier molecular flexibility index (Phi) is 7.39. The summed E-state index contributed by atoms with van der Waals surface area (Å²) in [5.74, 6) is 0.629. The summed E-state index contributed by atoms with van der Waals surface area (Å²) in [5.41, 5.74) is 0. The van der Waals surface area contributed by atoms with Crippen LogP contribution in [0.5, 0.6) is 0 Å². The smallest absolute Gasteiger partial charge is 0.407 e. The van der Waals surface area contributed by atoms with Crippen LogP contribution in [-0.2, 0) is 4.74 Å². The average Bonchev–Trinajstić information content (AvgIpc) is 2.03. The first kappa shape index (κ1) is 12.2. The molecule has 0 saturated carbocycles. The van der Waals surface area contributed by atoms with Crippen LogP contribution in [0.4, 0.5) is 4.79 Å². The van der Waals surface area contributed by atoms with Crippen LogP contribution in [0, 0.1) is 5.92 Å². The summed E-state index contributed by atoms with van der Waals surface area (Å²) in [4.78, 5) is 10.8. The molecule has 0 fully saturated rings. The minimum atomic E-state index is -0.339. The topological polar surface area (TPSA) is 50.4 Å². The first-order valence-electron chi connectivity index (χ1n) is 4.78. The molecule has 1 amide bonds. The lowest BCUT2D eigenvalue weighted by Crippen LogP contribution is -2.29. The Balaban J connectivity index is 3.11. The SMILES string of the molecule is CCNC(=O)OCCNCC(C)C. The van der Waals surface area contributed by atoms with Crippen molar-refractivity contribution in [3.05, 3.63) is 0 Å². The van der Waals surface area contributed by atoms with Gasteiger partial charge in [-0.25, -0.2) is 4.79 Å². The van der Waals surface area contributed by atoms with E-state index < -0.39 is 0 Å². The first-order valence-corrected chi connectivity index (χ1v) is 4.78. The van der Waals surface area contributed by atoms with Gasteiger partial charge >= 0.3 is 6.09 Å². The maximum Gasteiger partial charge on any atom is 0.407 e. The van der Waals surface area contributed by atoms with Crippen molar-refractivity contribution in [3.63, 3.8) is 0 Å². The van der Waals surface area contributed by atoms with Gasteiger partial charge in [-0.3, -0.25) is 0 Å². The van der Waals surface area contributed by atoms with E-state index in [1.54, 1.807) is 0 Å². The molecule has 0 atom stereocenters. The largest absolute Gasteiger partial charge is 0.448 e. The van der Waals surface area contributed by atoms with E-state index in [0.717, 1.165) is 13.1 Å². The fourth-order valence-electron chi connectivity index (χ4n) is 0.802. The zero-order valence-corrected chi connectivity index (χ0v) is 8.72. The molecule has 0 heterocycles. The molecule has 0 aliphatic rings. The number of nitrogens with one attached hydrogen (secondary N) is 2. The number of hydrogen-bond acceptors (Lipinski definition) is 3. The molecule has 0 saturated heterocycles. The van der Waals surface area contributed by atoms with Gasteiger partial charge in [0.2, 0.25) is 0 Å². The molecule has 13 heavy (non-hydrogen) atoms. The Hall–Kier alpha value is -0.770. The standard InChI is InChI=1S/C9H20N2O2/c1-4-11-9(12)13-6-5-10-7-8(2)3/h8,10H,4-7H2,1-3H3,(H,11,12). The highest BCUT2D eigenvalue weighted by atomic mass is 16.5. The normalized spacial score (nSPS) is 10.2. The number of carbonyl (C=O) groups excluding carboxylic acids is 1. The van der Waals surface area contributed by atoms with Crippen LogP contribution < -0.4 is 10.6 Å². The summed E-state index contributed by atoms with van der Waals surface area (Å²) in [6, 6.07) is 0. The van der Waals surface area contributed by atoms with Crippen molar-refractivity contribution in [2.24, 2.45) is 5.92 Å². The Morgan fingerprint density at radius 3 is 2.69 bits per heavy atom. The highest BCUT2D eigenvalue weighted by molar-refractivity contribution is 5.66. The van der Waals surface area contributed by atoms with Crippen LogP contribution in [0.3, 0.4) is 0 Å². The minimum absolute atomic E-state index is 0.339. The summed E-state index contributed by atoms with van der Waals surface area (Å²) in [5, 5.41) is 5.73. The fourth-order valence-corrected chi connectivity index (χ4v) is 0.802. The van der Waals surface area contributed by atoms with Crippen LogP contribution in [0.15, 0.2) is 0 Å². The molecular weight excluding hydrogens is 168 g/mol. The number of alkyl carbamates (subject to hydrolysis) is 1. The van der Waals surface area contributed by atoms with Crippen LogP contribution in [-0.4, -0.2) is 32.3 Å². The zero-order chi connectivity index (χ0) is 10.1. The summed E-state index contributed by atoms with van der Waals surface area (Å²) in [6.07, 6.45) is -0.339. The van der Waals surface area contributed by atoms with Gasteiger partial charge in [-0.15, -0.1) is 0 Å². The lowest BCUT2D eigenvalue weighted by atomic mass is 10.2. The van der Waals surface area contributed by atoms with Gasteiger partial charge in [0, 0.05) is 13.1 Å². The van der Waals surface area contributed by atoms with Gasteiger partial charge in [-0.2, -0.15) is 0 Å². The Bertz CT molecular complexity index is 138. The predicted molar refractivity (Wildman–Crippen MR) is 52.7 cm³/mol. The maximum absolute atomic E-state index is 10.8. The number of carbonyl (C=O) groups is 1. The summed E-state index contributed by atoms with van der Waals surface area (Å²) in [7, 11) is 0. The molecule has 0 aromatic rings. The molecule has 0 bridgehead atoms. The fraction of sp³-hybridized carbons (Fsp3) is 0.889. The van der Waals surface area contributed by atoms with Gasteiger partial charge in [0.1, 0.15) is 6.61 Å². The molecule has 4 nitrogen and oxygen atoms in total. The van der Waals surface area contributed by atoms with Crippen molar-refractivity contribution in [1.29, 1.82) is 0 Å². The van der Waals surface area contributed by atoms with Crippen LogP contribution >= 0.6 is 0 Å². The van der Waals surface area contributed by atoms with Crippen molar-refractivity contribution in [2.75, 3.05) is 26.2 Å². The van der Waals surface area contributed by atoms with Gasteiger partial charge in [0.15, 0.2) is 0 Å². The van der Waals surface area contributed by atoms with Crippen molar-refractivity contribution in [2.45, 2.75) is 20.8 Å². The van der Waals surface area contributed by atoms with Gasteiger partial charge in [0.25, 0.3) is 0 Å². The molecule has 0 aromatic heterocycles. The van der Waals surface area contributed by atoms with Gasteiger partial charge in [-0.1, -0.05) is 13.8 Å². The average molecular weight is 188 g/mol. The third-order valence-corrected chi connectivity index (χ3v) is 1.39. The van der Waals surface area contributed by atoms with E-state index in [9.17, 15) is 4.79 Å². The highest BCUT2D eigenvalue weighted by Gasteiger charge is 1.98. The van der Waals surface area contributed by atoms with E-state index >= 15 is 0 Å². The molecule has 4 heteroatoms. The highest BCUT2D eigenvalue weighted by Crippen LogP contribution is 1.86. The van der Waals surface area contributed by atoms with Gasteiger partial charge in [-0.05, 0) is 19.4 Å². The molecule has 78 valence electrons. The second-order valence-corrected chi connectivity index (χ2v) is 3.26. The summed E-state index contributed by atoms with van der Waals surface area (Å²) < 4.78 is 4.85. The molecule has 0 unspecified atom stereocenters. The Morgan fingerprint density at radius 1 is 1.46 bits per heavy atom. The molecule has 0 radical (unpaired) electrons. The second-order valence-electron chi connectivity index (χ2n) is 3.26. The molecule has 0 aliphatic heterocycles. The number of ether oxygens (including phenoxy) is 1. The van der Waals surface area contributed by atoms with Crippen LogP contribution in [0.1, 0.15) is 20.8 Å². The lowest BCUT2D eigenvalue weighted by molar-refractivity contribution is 0.147. The molecule has 0 aliphatic carbocycles. The van der Waals surface area contributed by atoms with Crippen molar-refractivity contribution in [1.82, 2.24) is 10.6 Å². The van der Waals surface area contributed by atoms with E-state index in [1.807, 2.05) is 6.92 Å². The van der Waals surface area contributed by atoms with Gasteiger partial charge < -0.3 is 15.4 Å². The Labute approximate surface area is 80.0 Å². The number of hydrogen-bond donors (Lipinski definition) is 2. The quantitative estimate of drug-likeness (QED) is 0.611. The minimum Gasteiger partial charge on any atom is -0.448 e. The molecule has 0 aromatic carbocycles.